The van der Waals surface area contributed by atoms with Gasteiger partial charge >= 0.3 is 0 Å². The molecule has 0 bridgehead atoms. The maximum atomic E-state index is 12.2. The van der Waals surface area contributed by atoms with Gasteiger partial charge in [-0.1, -0.05) is 17.7 Å². The van der Waals surface area contributed by atoms with Gasteiger partial charge in [-0.2, -0.15) is 0 Å². The van der Waals surface area contributed by atoms with E-state index in [0.717, 1.165) is 36.3 Å². The molecular weight excluding hydrogens is 280 g/mol. The first-order chi connectivity index (χ1) is 10.5. The van der Waals surface area contributed by atoms with Crippen LogP contribution in [0.2, 0.25) is 0 Å². The Morgan fingerprint density at radius 3 is 2.73 bits per heavy atom. The van der Waals surface area contributed by atoms with E-state index in [1.54, 1.807) is 4.90 Å². The fraction of sp³-hybridized carbons (Fsp3) is 0.529. The summed E-state index contributed by atoms with van der Waals surface area (Å²) in [6, 6.07) is 5.86. The van der Waals surface area contributed by atoms with Crippen LogP contribution in [0.25, 0.3) is 0 Å². The number of anilines is 1. The quantitative estimate of drug-likeness (QED) is 0.908. The molecule has 0 spiro atoms. The first-order valence-corrected chi connectivity index (χ1v) is 7.70. The largest absolute Gasteiger partial charge is 0.376 e. The van der Waals surface area contributed by atoms with Crippen LogP contribution < -0.4 is 5.32 Å². The van der Waals surface area contributed by atoms with Crippen LogP contribution in [0.3, 0.4) is 0 Å². The van der Waals surface area contributed by atoms with Gasteiger partial charge in [-0.25, -0.2) is 0 Å². The maximum absolute atomic E-state index is 12.2. The highest BCUT2D eigenvalue weighted by atomic mass is 16.5. The van der Waals surface area contributed by atoms with Crippen LogP contribution in [0.4, 0.5) is 5.69 Å². The summed E-state index contributed by atoms with van der Waals surface area (Å²) in [6.45, 7) is 6.73. The molecule has 1 atom stereocenters. The normalized spacial score (nSPS) is 17.3. The number of carbonyl (C=O) groups excluding carboxylic acids is 2. The van der Waals surface area contributed by atoms with E-state index in [-0.39, 0.29) is 24.5 Å². The Morgan fingerprint density at radius 1 is 1.36 bits per heavy atom. The molecule has 1 fully saturated rings. The van der Waals surface area contributed by atoms with Crippen molar-refractivity contribution in [2.24, 2.45) is 0 Å². The minimum Gasteiger partial charge on any atom is -0.376 e. The summed E-state index contributed by atoms with van der Waals surface area (Å²) in [5.41, 5.74) is 2.96. The molecule has 1 saturated heterocycles. The summed E-state index contributed by atoms with van der Waals surface area (Å²) < 4.78 is 5.54. The number of aryl methyl sites for hydroxylation is 2. The molecule has 0 aromatic heterocycles. The summed E-state index contributed by atoms with van der Waals surface area (Å²) in [7, 11) is 0. The Morgan fingerprint density at radius 2 is 2.14 bits per heavy atom. The van der Waals surface area contributed by atoms with Gasteiger partial charge in [0, 0.05) is 25.8 Å². The van der Waals surface area contributed by atoms with Crippen molar-refractivity contribution in [3.05, 3.63) is 29.3 Å². The zero-order chi connectivity index (χ0) is 16.1. The summed E-state index contributed by atoms with van der Waals surface area (Å²) in [5.74, 6) is -0.286. The molecule has 0 radical (unpaired) electrons. The fourth-order valence-electron chi connectivity index (χ4n) is 2.66. The van der Waals surface area contributed by atoms with Crippen LogP contribution in [0.5, 0.6) is 0 Å². The second-order valence-electron chi connectivity index (χ2n) is 5.90. The highest BCUT2D eigenvalue weighted by Gasteiger charge is 2.22. The second kappa shape index (κ2) is 7.40. The smallest absolute Gasteiger partial charge is 0.244 e. The number of ether oxygens (including phenoxy) is 1. The number of carbonyl (C=O) groups is 2. The van der Waals surface area contributed by atoms with Crippen LogP contribution >= 0.6 is 0 Å². The van der Waals surface area contributed by atoms with Gasteiger partial charge in [0.15, 0.2) is 0 Å². The fourth-order valence-corrected chi connectivity index (χ4v) is 2.66. The molecule has 120 valence electrons. The molecule has 0 saturated carbocycles. The van der Waals surface area contributed by atoms with E-state index in [0.29, 0.717) is 6.54 Å². The molecule has 2 rings (SSSR count). The number of nitrogens with zero attached hydrogens (tertiary/aromatic N) is 1. The van der Waals surface area contributed by atoms with Gasteiger partial charge in [0.25, 0.3) is 0 Å². The Labute approximate surface area is 131 Å². The lowest BCUT2D eigenvalue weighted by Gasteiger charge is -2.23. The molecule has 1 aromatic rings. The molecule has 1 aromatic carbocycles. The molecule has 1 aliphatic rings. The van der Waals surface area contributed by atoms with E-state index >= 15 is 0 Å². The number of rotatable bonds is 5. The highest BCUT2D eigenvalue weighted by Crippen LogP contribution is 2.16. The monoisotopic (exact) mass is 304 g/mol. The molecule has 1 heterocycles. The predicted molar refractivity (Wildman–Crippen MR) is 85.8 cm³/mol. The van der Waals surface area contributed by atoms with Crippen molar-refractivity contribution in [3.8, 4) is 0 Å². The van der Waals surface area contributed by atoms with Crippen molar-refractivity contribution in [3.63, 3.8) is 0 Å². The van der Waals surface area contributed by atoms with E-state index in [4.69, 9.17) is 4.74 Å². The zero-order valence-electron chi connectivity index (χ0n) is 13.5. The molecular formula is C17H24N2O3. The van der Waals surface area contributed by atoms with Crippen molar-refractivity contribution >= 4 is 17.5 Å². The molecule has 2 amide bonds. The van der Waals surface area contributed by atoms with Gasteiger partial charge in [-0.3, -0.25) is 9.59 Å². The lowest BCUT2D eigenvalue weighted by atomic mass is 10.1. The van der Waals surface area contributed by atoms with Gasteiger partial charge in [0.05, 0.1) is 12.6 Å². The lowest BCUT2D eigenvalue weighted by Crippen LogP contribution is -2.41. The van der Waals surface area contributed by atoms with Crippen molar-refractivity contribution in [2.45, 2.75) is 39.7 Å². The summed E-state index contributed by atoms with van der Waals surface area (Å²) in [6.07, 6.45) is 2.02. The number of amides is 2. The molecule has 5 heteroatoms. The third kappa shape index (κ3) is 4.56. The van der Waals surface area contributed by atoms with E-state index in [9.17, 15) is 9.59 Å². The third-order valence-corrected chi connectivity index (χ3v) is 3.88. The number of hydrogen-bond donors (Lipinski definition) is 1. The van der Waals surface area contributed by atoms with Gasteiger partial charge < -0.3 is 15.0 Å². The Bertz CT molecular complexity index is 551. The molecule has 5 nitrogen and oxygen atoms in total. The van der Waals surface area contributed by atoms with Crippen molar-refractivity contribution in [1.82, 2.24) is 4.90 Å². The molecule has 22 heavy (non-hydrogen) atoms. The number of benzene rings is 1. The molecule has 1 unspecified atom stereocenters. The van der Waals surface area contributed by atoms with Crippen LogP contribution in [-0.4, -0.2) is 42.5 Å². The maximum Gasteiger partial charge on any atom is 0.244 e. The lowest BCUT2D eigenvalue weighted by molar-refractivity contribution is -0.134. The van der Waals surface area contributed by atoms with Crippen LogP contribution in [0, 0.1) is 13.8 Å². The Balaban J connectivity index is 1.94. The van der Waals surface area contributed by atoms with Crippen LogP contribution in [0.15, 0.2) is 18.2 Å². The summed E-state index contributed by atoms with van der Waals surface area (Å²) in [4.78, 5) is 25.5. The molecule has 1 N–H and O–H groups in total. The summed E-state index contributed by atoms with van der Waals surface area (Å²) in [5, 5.41) is 2.87. The van der Waals surface area contributed by atoms with Gasteiger partial charge in [0.2, 0.25) is 11.8 Å². The van der Waals surface area contributed by atoms with Crippen molar-refractivity contribution < 1.29 is 14.3 Å². The first-order valence-electron chi connectivity index (χ1n) is 7.70. The minimum atomic E-state index is -0.180. The third-order valence-electron chi connectivity index (χ3n) is 3.88. The van der Waals surface area contributed by atoms with Crippen molar-refractivity contribution in [1.29, 1.82) is 0 Å². The van der Waals surface area contributed by atoms with Crippen LogP contribution in [-0.2, 0) is 14.3 Å². The van der Waals surface area contributed by atoms with Gasteiger partial charge in [-0.15, -0.1) is 0 Å². The number of nitrogens with one attached hydrogen (secondary N) is 1. The standard InChI is InChI=1S/C17H24N2O3/c1-12-6-7-16(13(2)9-12)18-17(21)11-19(14(3)20)10-15-5-4-8-22-15/h6-7,9,15H,4-5,8,10-11H2,1-3H3,(H,18,21). The highest BCUT2D eigenvalue weighted by molar-refractivity contribution is 5.94. The second-order valence-corrected chi connectivity index (χ2v) is 5.90. The van der Waals surface area contributed by atoms with E-state index < -0.39 is 0 Å². The minimum absolute atomic E-state index is 0.0535. The van der Waals surface area contributed by atoms with Gasteiger partial charge in [0.1, 0.15) is 0 Å². The predicted octanol–water partition coefficient (Wildman–Crippen LogP) is 2.27. The van der Waals surface area contributed by atoms with Gasteiger partial charge in [-0.05, 0) is 38.3 Å². The zero-order valence-corrected chi connectivity index (χ0v) is 13.5. The van der Waals surface area contributed by atoms with E-state index in [2.05, 4.69) is 5.32 Å². The average molecular weight is 304 g/mol. The number of hydrogen-bond acceptors (Lipinski definition) is 3. The SMILES string of the molecule is CC(=O)N(CC(=O)Nc1ccc(C)cc1C)CC1CCCO1. The van der Waals surface area contributed by atoms with Crippen molar-refractivity contribution in [2.75, 3.05) is 25.0 Å². The Hall–Kier alpha value is -1.88. The van der Waals surface area contributed by atoms with E-state index in [1.165, 1.54) is 6.92 Å². The topological polar surface area (TPSA) is 58.6 Å². The molecule has 0 aliphatic carbocycles. The average Bonchev–Trinajstić information content (AvgIpc) is 2.94. The Kier molecular flexibility index (Phi) is 5.55. The van der Waals surface area contributed by atoms with Crippen LogP contribution in [0.1, 0.15) is 30.9 Å². The summed E-state index contributed by atoms with van der Waals surface area (Å²) >= 11 is 0. The molecule has 1 aliphatic heterocycles. The first kappa shape index (κ1) is 16.5. The van der Waals surface area contributed by atoms with E-state index in [1.807, 2.05) is 32.0 Å².